The zero-order valence-electron chi connectivity index (χ0n) is 11.0. The van der Waals surface area contributed by atoms with Gasteiger partial charge in [0.05, 0.1) is 12.2 Å². The highest BCUT2D eigenvalue weighted by molar-refractivity contribution is 5.92. The van der Waals surface area contributed by atoms with E-state index in [1.165, 1.54) is 18.2 Å². The third kappa shape index (κ3) is 4.00. The Balaban J connectivity index is 2.57. The van der Waals surface area contributed by atoms with Crippen molar-refractivity contribution in [2.75, 3.05) is 24.6 Å². The zero-order valence-corrected chi connectivity index (χ0v) is 11.0. The van der Waals surface area contributed by atoms with Crippen LogP contribution in [-0.2, 0) is 4.79 Å². The number of benzene rings is 1. The number of nitrogens with one attached hydrogen (secondary N) is 1. The number of likely N-dealkylation sites (N-methyl/N-ethyl adjacent to an activating group) is 1. The van der Waals surface area contributed by atoms with Crippen molar-refractivity contribution in [1.29, 1.82) is 0 Å². The molecule has 3 N–H and O–H groups in total. The molecule has 0 spiro atoms. The Kier molecular flexibility index (Phi) is 5.09. The Hall–Kier alpha value is -1.62. The van der Waals surface area contributed by atoms with Gasteiger partial charge >= 0.3 is 0 Å². The number of nitrogens with two attached hydrogens (primary N) is 1. The van der Waals surface area contributed by atoms with Gasteiger partial charge in [0.15, 0.2) is 0 Å². The van der Waals surface area contributed by atoms with Crippen molar-refractivity contribution in [2.45, 2.75) is 26.3 Å². The van der Waals surface area contributed by atoms with Crippen LogP contribution in [0.5, 0.6) is 0 Å². The molecule has 0 bridgehead atoms. The standard InChI is InChI=1S/C13H20FN3O/c1-4-9(2)17(3)8-13(18)16-10-5-6-11(14)12(15)7-10/h5-7,9H,4,8,15H2,1-3H3,(H,16,18). The van der Waals surface area contributed by atoms with E-state index in [-0.39, 0.29) is 11.6 Å². The molecule has 100 valence electrons. The molecule has 0 aliphatic heterocycles. The van der Waals surface area contributed by atoms with E-state index in [1.807, 2.05) is 11.9 Å². The molecule has 1 aromatic rings. The predicted molar refractivity (Wildman–Crippen MR) is 71.8 cm³/mol. The largest absolute Gasteiger partial charge is 0.396 e. The summed E-state index contributed by atoms with van der Waals surface area (Å²) in [6, 6.07) is 4.49. The molecule has 5 heteroatoms. The van der Waals surface area contributed by atoms with Crippen LogP contribution in [0.25, 0.3) is 0 Å². The molecule has 0 saturated carbocycles. The lowest BCUT2D eigenvalue weighted by Crippen LogP contribution is -2.36. The van der Waals surface area contributed by atoms with Crippen molar-refractivity contribution in [3.8, 4) is 0 Å². The van der Waals surface area contributed by atoms with Crippen LogP contribution in [-0.4, -0.2) is 30.4 Å². The van der Waals surface area contributed by atoms with Gasteiger partial charge in [-0.15, -0.1) is 0 Å². The van der Waals surface area contributed by atoms with Crippen LogP contribution < -0.4 is 11.1 Å². The summed E-state index contributed by atoms with van der Waals surface area (Å²) in [6.07, 6.45) is 0.979. The van der Waals surface area contributed by atoms with Crippen molar-refractivity contribution < 1.29 is 9.18 Å². The molecule has 18 heavy (non-hydrogen) atoms. The minimum Gasteiger partial charge on any atom is -0.396 e. The summed E-state index contributed by atoms with van der Waals surface area (Å²) in [5.41, 5.74) is 5.97. The molecule has 1 aromatic carbocycles. The number of hydrogen-bond acceptors (Lipinski definition) is 3. The Morgan fingerprint density at radius 3 is 2.78 bits per heavy atom. The second-order valence-electron chi connectivity index (χ2n) is 4.46. The Morgan fingerprint density at radius 1 is 1.56 bits per heavy atom. The number of nitrogen functional groups attached to an aromatic ring is 1. The maximum absolute atomic E-state index is 13.0. The number of rotatable bonds is 5. The maximum Gasteiger partial charge on any atom is 0.238 e. The van der Waals surface area contributed by atoms with Gasteiger partial charge < -0.3 is 11.1 Å². The van der Waals surface area contributed by atoms with E-state index in [0.717, 1.165) is 6.42 Å². The van der Waals surface area contributed by atoms with E-state index in [1.54, 1.807) is 0 Å². The topological polar surface area (TPSA) is 58.4 Å². The van der Waals surface area contributed by atoms with Gasteiger partial charge in [-0.05, 0) is 38.6 Å². The third-order valence-corrected chi connectivity index (χ3v) is 3.02. The lowest BCUT2D eigenvalue weighted by Gasteiger charge is -2.22. The van der Waals surface area contributed by atoms with E-state index in [0.29, 0.717) is 18.3 Å². The first-order valence-corrected chi connectivity index (χ1v) is 5.99. The summed E-state index contributed by atoms with van der Waals surface area (Å²) in [6.45, 7) is 4.43. The minimum absolute atomic E-state index is 0.0306. The first-order chi connectivity index (χ1) is 8.43. The second kappa shape index (κ2) is 6.35. The highest BCUT2D eigenvalue weighted by Gasteiger charge is 2.11. The van der Waals surface area contributed by atoms with E-state index in [2.05, 4.69) is 19.2 Å². The maximum atomic E-state index is 13.0. The molecule has 0 fully saturated rings. The van der Waals surface area contributed by atoms with Crippen LogP contribution >= 0.6 is 0 Å². The average Bonchev–Trinajstić information content (AvgIpc) is 2.32. The van der Waals surface area contributed by atoms with E-state index >= 15 is 0 Å². The third-order valence-electron chi connectivity index (χ3n) is 3.02. The molecule has 1 atom stereocenters. The van der Waals surface area contributed by atoms with Gasteiger partial charge in [-0.3, -0.25) is 9.69 Å². The van der Waals surface area contributed by atoms with Gasteiger partial charge in [0.2, 0.25) is 5.91 Å². The van der Waals surface area contributed by atoms with E-state index in [9.17, 15) is 9.18 Å². The van der Waals surface area contributed by atoms with Crippen LogP contribution in [0.2, 0.25) is 0 Å². The zero-order chi connectivity index (χ0) is 13.7. The Morgan fingerprint density at radius 2 is 2.22 bits per heavy atom. The highest BCUT2D eigenvalue weighted by Crippen LogP contribution is 2.16. The second-order valence-corrected chi connectivity index (χ2v) is 4.46. The SMILES string of the molecule is CCC(C)N(C)CC(=O)Nc1ccc(F)c(N)c1. The summed E-state index contributed by atoms with van der Waals surface area (Å²) in [5, 5.41) is 2.69. The Labute approximate surface area is 107 Å². The van der Waals surface area contributed by atoms with Crippen LogP contribution in [0.15, 0.2) is 18.2 Å². The van der Waals surface area contributed by atoms with Crippen molar-refractivity contribution in [2.24, 2.45) is 0 Å². The van der Waals surface area contributed by atoms with Crippen LogP contribution in [0, 0.1) is 5.82 Å². The number of nitrogens with zero attached hydrogens (tertiary/aromatic N) is 1. The van der Waals surface area contributed by atoms with Crippen molar-refractivity contribution in [3.05, 3.63) is 24.0 Å². The molecular formula is C13H20FN3O. The minimum atomic E-state index is -0.482. The van der Waals surface area contributed by atoms with Gasteiger partial charge in [-0.1, -0.05) is 6.92 Å². The number of hydrogen-bond donors (Lipinski definition) is 2. The van der Waals surface area contributed by atoms with Crippen molar-refractivity contribution in [1.82, 2.24) is 4.90 Å². The number of carbonyl (C=O) groups excluding carboxylic acids is 1. The van der Waals surface area contributed by atoms with Crippen LogP contribution in [0.1, 0.15) is 20.3 Å². The number of carbonyl (C=O) groups is 1. The molecule has 0 radical (unpaired) electrons. The summed E-state index contributed by atoms with van der Waals surface area (Å²) < 4.78 is 13.0. The van der Waals surface area contributed by atoms with E-state index in [4.69, 9.17) is 5.73 Å². The van der Waals surface area contributed by atoms with Gasteiger partial charge in [-0.25, -0.2) is 4.39 Å². The number of anilines is 2. The van der Waals surface area contributed by atoms with Gasteiger partial charge in [0, 0.05) is 11.7 Å². The molecule has 1 amide bonds. The first kappa shape index (κ1) is 14.4. The lowest BCUT2D eigenvalue weighted by atomic mass is 10.2. The predicted octanol–water partition coefficient (Wildman–Crippen LogP) is 2.08. The monoisotopic (exact) mass is 253 g/mol. The smallest absolute Gasteiger partial charge is 0.238 e. The molecule has 0 aliphatic carbocycles. The fourth-order valence-electron chi connectivity index (χ4n) is 1.52. The molecule has 0 aromatic heterocycles. The fraction of sp³-hybridized carbons (Fsp3) is 0.462. The molecule has 0 heterocycles. The van der Waals surface area contributed by atoms with Gasteiger partial charge in [0.1, 0.15) is 5.82 Å². The lowest BCUT2D eigenvalue weighted by molar-refractivity contribution is -0.117. The Bertz CT molecular complexity index is 423. The number of amides is 1. The normalized spacial score (nSPS) is 12.5. The first-order valence-electron chi connectivity index (χ1n) is 5.99. The molecule has 4 nitrogen and oxygen atoms in total. The van der Waals surface area contributed by atoms with Gasteiger partial charge in [0.25, 0.3) is 0 Å². The van der Waals surface area contributed by atoms with Crippen molar-refractivity contribution >= 4 is 17.3 Å². The molecule has 1 unspecified atom stereocenters. The van der Waals surface area contributed by atoms with Gasteiger partial charge in [-0.2, -0.15) is 0 Å². The fourth-order valence-corrected chi connectivity index (χ4v) is 1.52. The molecule has 0 aliphatic rings. The summed E-state index contributed by atoms with van der Waals surface area (Å²) >= 11 is 0. The van der Waals surface area contributed by atoms with Crippen LogP contribution in [0.3, 0.4) is 0 Å². The van der Waals surface area contributed by atoms with E-state index < -0.39 is 5.82 Å². The average molecular weight is 253 g/mol. The highest BCUT2D eigenvalue weighted by atomic mass is 19.1. The molecule has 1 rings (SSSR count). The quantitative estimate of drug-likeness (QED) is 0.790. The summed E-state index contributed by atoms with van der Waals surface area (Å²) in [5.74, 6) is -0.617. The number of halogens is 1. The molecular weight excluding hydrogens is 233 g/mol. The van der Waals surface area contributed by atoms with Crippen molar-refractivity contribution in [3.63, 3.8) is 0 Å². The summed E-state index contributed by atoms with van der Waals surface area (Å²) in [4.78, 5) is 13.7. The van der Waals surface area contributed by atoms with Crippen LogP contribution in [0.4, 0.5) is 15.8 Å². The molecule has 0 saturated heterocycles. The summed E-state index contributed by atoms with van der Waals surface area (Å²) in [7, 11) is 1.90.